The van der Waals surface area contributed by atoms with Crippen molar-refractivity contribution in [2.24, 2.45) is 0 Å². The molecule has 1 aromatic rings. The van der Waals surface area contributed by atoms with Crippen molar-refractivity contribution in [1.29, 1.82) is 0 Å². The molecule has 0 bridgehead atoms. The molecule has 0 spiro atoms. The Morgan fingerprint density at radius 2 is 2.06 bits per heavy atom. The monoisotopic (exact) mass is 220 g/mol. The van der Waals surface area contributed by atoms with Gasteiger partial charge in [-0.25, -0.2) is 0 Å². The summed E-state index contributed by atoms with van der Waals surface area (Å²) in [6.07, 6.45) is 0. The van der Waals surface area contributed by atoms with Gasteiger partial charge in [0.25, 0.3) is 0 Å². The Bertz CT molecular complexity index is 346. The standard InChI is InChI=1S/C13H20N2O/c1-3-16-13-5-4-12(10-11(13)2)15-8-6-14-7-9-15/h4-5,10,14H,3,6-9H2,1-2H3. The molecule has 0 saturated carbocycles. The van der Waals surface area contributed by atoms with Crippen LogP contribution in [-0.2, 0) is 0 Å². The Morgan fingerprint density at radius 3 is 2.69 bits per heavy atom. The lowest BCUT2D eigenvalue weighted by atomic mass is 10.1. The maximum atomic E-state index is 5.55. The van der Waals surface area contributed by atoms with Crippen LogP contribution < -0.4 is 15.0 Å². The summed E-state index contributed by atoms with van der Waals surface area (Å²) < 4.78 is 5.55. The molecule has 0 radical (unpaired) electrons. The first-order chi connectivity index (χ1) is 7.81. The van der Waals surface area contributed by atoms with Crippen LogP contribution in [0.3, 0.4) is 0 Å². The molecule has 2 rings (SSSR count). The largest absolute Gasteiger partial charge is 0.494 e. The zero-order valence-electron chi connectivity index (χ0n) is 10.1. The number of rotatable bonds is 3. The quantitative estimate of drug-likeness (QED) is 0.840. The summed E-state index contributed by atoms with van der Waals surface area (Å²) in [5.74, 6) is 1.00. The minimum Gasteiger partial charge on any atom is -0.494 e. The van der Waals surface area contributed by atoms with Crippen molar-refractivity contribution in [3.8, 4) is 5.75 Å². The Hall–Kier alpha value is -1.22. The van der Waals surface area contributed by atoms with E-state index in [9.17, 15) is 0 Å². The van der Waals surface area contributed by atoms with E-state index in [1.165, 1.54) is 11.3 Å². The minimum absolute atomic E-state index is 0.730. The highest BCUT2D eigenvalue weighted by Gasteiger charge is 2.11. The van der Waals surface area contributed by atoms with Gasteiger partial charge in [0.05, 0.1) is 6.61 Å². The average molecular weight is 220 g/mol. The van der Waals surface area contributed by atoms with E-state index in [2.05, 4.69) is 35.3 Å². The smallest absolute Gasteiger partial charge is 0.122 e. The zero-order chi connectivity index (χ0) is 11.4. The second kappa shape index (κ2) is 5.21. The maximum Gasteiger partial charge on any atom is 0.122 e. The van der Waals surface area contributed by atoms with Crippen LogP contribution in [0.15, 0.2) is 18.2 Å². The molecule has 0 unspecified atom stereocenters. The molecule has 0 aliphatic carbocycles. The Balaban J connectivity index is 2.13. The molecule has 1 fully saturated rings. The van der Waals surface area contributed by atoms with Crippen LogP contribution in [0.1, 0.15) is 12.5 Å². The minimum atomic E-state index is 0.730. The van der Waals surface area contributed by atoms with Gasteiger partial charge in [-0.05, 0) is 37.6 Å². The third-order valence-electron chi connectivity index (χ3n) is 2.94. The molecule has 0 amide bonds. The van der Waals surface area contributed by atoms with Crippen molar-refractivity contribution in [3.05, 3.63) is 23.8 Å². The van der Waals surface area contributed by atoms with Crippen molar-refractivity contribution < 1.29 is 4.74 Å². The molecule has 1 aliphatic heterocycles. The van der Waals surface area contributed by atoms with Crippen molar-refractivity contribution >= 4 is 5.69 Å². The van der Waals surface area contributed by atoms with Crippen molar-refractivity contribution in [1.82, 2.24) is 5.32 Å². The predicted octanol–water partition coefficient (Wildman–Crippen LogP) is 1.80. The van der Waals surface area contributed by atoms with Gasteiger partial charge in [-0.2, -0.15) is 0 Å². The first-order valence-electron chi connectivity index (χ1n) is 6.00. The number of ether oxygens (including phenoxy) is 1. The highest BCUT2D eigenvalue weighted by atomic mass is 16.5. The van der Waals surface area contributed by atoms with E-state index >= 15 is 0 Å². The van der Waals surface area contributed by atoms with Crippen LogP contribution in [0.2, 0.25) is 0 Å². The van der Waals surface area contributed by atoms with Crippen LogP contribution in [0.5, 0.6) is 5.75 Å². The molecule has 3 nitrogen and oxygen atoms in total. The third kappa shape index (κ3) is 2.47. The van der Waals surface area contributed by atoms with E-state index in [-0.39, 0.29) is 0 Å². The molecule has 1 saturated heterocycles. The summed E-state index contributed by atoms with van der Waals surface area (Å²) in [4.78, 5) is 2.42. The van der Waals surface area contributed by atoms with Gasteiger partial charge in [-0.1, -0.05) is 0 Å². The fraction of sp³-hybridized carbons (Fsp3) is 0.538. The normalized spacial score (nSPS) is 16.2. The number of anilines is 1. The Labute approximate surface area is 97.4 Å². The predicted molar refractivity (Wildman–Crippen MR) is 67.4 cm³/mol. The van der Waals surface area contributed by atoms with Crippen LogP contribution in [0, 0.1) is 6.92 Å². The molecule has 1 aliphatic rings. The van der Waals surface area contributed by atoms with Gasteiger partial charge < -0.3 is 15.0 Å². The molecule has 1 heterocycles. The van der Waals surface area contributed by atoms with E-state index in [0.717, 1.165) is 38.5 Å². The van der Waals surface area contributed by atoms with Crippen molar-refractivity contribution in [3.63, 3.8) is 0 Å². The number of nitrogens with one attached hydrogen (secondary N) is 1. The number of hydrogen-bond acceptors (Lipinski definition) is 3. The highest BCUT2D eigenvalue weighted by Crippen LogP contribution is 2.24. The number of hydrogen-bond donors (Lipinski definition) is 1. The molecule has 1 aromatic carbocycles. The zero-order valence-corrected chi connectivity index (χ0v) is 10.1. The lowest BCUT2D eigenvalue weighted by Crippen LogP contribution is -2.43. The van der Waals surface area contributed by atoms with Crippen molar-refractivity contribution in [2.75, 3.05) is 37.7 Å². The molecular weight excluding hydrogens is 200 g/mol. The van der Waals surface area contributed by atoms with E-state index in [0.29, 0.717) is 0 Å². The van der Waals surface area contributed by atoms with Crippen LogP contribution in [0.4, 0.5) is 5.69 Å². The number of piperazine rings is 1. The SMILES string of the molecule is CCOc1ccc(N2CCNCC2)cc1C. The van der Waals surface area contributed by atoms with Gasteiger partial charge in [0, 0.05) is 31.9 Å². The van der Waals surface area contributed by atoms with Gasteiger partial charge in [0.1, 0.15) is 5.75 Å². The lowest BCUT2D eigenvalue weighted by molar-refractivity contribution is 0.338. The number of nitrogens with zero attached hydrogens (tertiary/aromatic N) is 1. The van der Waals surface area contributed by atoms with Gasteiger partial charge in [-0.3, -0.25) is 0 Å². The molecule has 3 heteroatoms. The molecular formula is C13H20N2O. The van der Waals surface area contributed by atoms with Crippen molar-refractivity contribution in [2.45, 2.75) is 13.8 Å². The Kier molecular flexibility index (Phi) is 3.67. The number of aryl methyl sites for hydroxylation is 1. The van der Waals surface area contributed by atoms with E-state index < -0.39 is 0 Å². The Morgan fingerprint density at radius 1 is 1.31 bits per heavy atom. The van der Waals surface area contributed by atoms with E-state index in [1.807, 2.05) is 6.92 Å². The van der Waals surface area contributed by atoms with E-state index in [4.69, 9.17) is 4.74 Å². The lowest BCUT2D eigenvalue weighted by Gasteiger charge is -2.29. The fourth-order valence-electron chi connectivity index (χ4n) is 2.07. The first-order valence-corrected chi connectivity index (χ1v) is 6.00. The second-order valence-corrected chi connectivity index (χ2v) is 4.12. The molecule has 0 aromatic heterocycles. The maximum absolute atomic E-state index is 5.55. The van der Waals surface area contributed by atoms with Gasteiger partial charge in [-0.15, -0.1) is 0 Å². The summed E-state index contributed by atoms with van der Waals surface area (Å²) in [7, 11) is 0. The summed E-state index contributed by atoms with van der Waals surface area (Å²) in [6.45, 7) is 9.19. The summed E-state index contributed by atoms with van der Waals surface area (Å²) in [5.41, 5.74) is 2.53. The second-order valence-electron chi connectivity index (χ2n) is 4.12. The number of benzene rings is 1. The fourth-order valence-corrected chi connectivity index (χ4v) is 2.07. The molecule has 0 atom stereocenters. The molecule has 1 N–H and O–H groups in total. The highest BCUT2D eigenvalue weighted by molar-refractivity contribution is 5.53. The van der Waals surface area contributed by atoms with Gasteiger partial charge in [0.2, 0.25) is 0 Å². The molecule has 88 valence electrons. The van der Waals surface area contributed by atoms with Crippen LogP contribution >= 0.6 is 0 Å². The van der Waals surface area contributed by atoms with E-state index in [1.54, 1.807) is 0 Å². The third-order valence-corrected chi connectivity index (χ3v) is 2.94. The summed E-state index contributed by atoms with van der Waals surface area (Å²) in [5, 5.41) is 3.36. The first kappa shape index (κ1) is 11.3. The van der Waals surface area contributed by atoms with Gasteiger partial charge >= 0.3 is 0 Å². The topological polar surface area (TPSA) is 24.5 Å². The van der Waals surface area contributed by atoms with Gasteiger partial charge in [0.15, 0.2) is 0 Å². The average Bonchev–Trinajstić information content (AvgIpc) is 2.33. The summed E-state index contributed by atoms with van der Waals surface area (Å²) >= 11 is 0. The molecule has 16 heavy (non-hydrogen) atoms. The summed E-state index contributed by atoms with van der Waals surface area (Å²) in [6, 6.07) is 6.45. The van der Waals surface area contributed by atoms with Crippen LogP contribution in [0.25, 0.3) is 0 Å². The van der Waals surface area contributed by atoms with Crippen LogP contribution in [-0.4, -0.2) is 32.8 Å².